The monoisotopic (exact) mass is 276 g/mol. The van der Waals surface area contributed by atoms with Crippen LogP contribution in [0.15, 0.2) is 30.3 Å². The molecule has 1 amide bonds. The SMILES string of the molecule is NCC1(NC(=O)CCOCc2ccccc2)CCCC1. The zero-order valence-corrected chi connectivity index (χ0v) is 11.9. The Morgan fingerprint density at radius 2 is 1.95 bits per heavy atom. The molecule has 1 aromatic rings. The number of hydrogen-bond donors (Lipinski definition) is 2. The summed E-state index contributed by atoms with van der Waals surface area (Å²) in [7, 11) is 0. The summed E-state index contributed by atoms with van der Waals surface area (Å²) in [6.45, 7) is 1.53. The molecule has 3 N–H and O–H groups in total. The second-order valence-electron chi connectivity index (χ2n) is 5.53. The number of benzene rings is 1. The van der Waals surface area contributed by atoms with Crippen molar-refractivity contribution < 1.29 is 9.53 Å². The third-order valence-corrected chi connectivity index (χ3v) is 3.94. The third-order valence-electron chi connectivity index (χ3n) is 3.94. The minimum Gasteiger partial charge on any atom is -0.376 e. The lowest BCUT2D eigenvalue weighted by Crippen LogP contribution is -2.51. The van der Waals surface area contributed by atoms with Crippen molar-refractivity contribution in [3.63, 3.8) is 0 Å². The van der Waals surface area contributed by atoms with Crippen LogP contribution in [0, 0.1) is 0 Å². The van der Waals surface area contributed by atoms with Crippen LogP contribution in [0.2, 0.25) is 0 Å². The van der Waals surface area contributed by atoms with Crippen molar-refractivity contribution in [1.29, 1.82) is 0 Å². The molecule has 20 heavy (non-hydrogen) atoms. The minimum atomic E-state index is -0.156. The maximum Gasteiger partial charge on any atom is 0.222 e. The number of ether oxygens (including phenoxy) is 1. The molecule has 110 valence electrons. The summed E-state index contributed by atoms with van der Waals surface area (Å²) >= 11 is 0. The molecule has 0 atom stereocenters. The maximum atomic E-state index is 11.9. The lowest BCUT2D eigenvalue weighted by molar-refractivity contribution is -0.124. The molecule has 1 aromatic carbocycles. The highest BCUT2D eigenvalue weighted by Gasteiger charge is 2.33. The van der Waals surface area contributed by atoms with Gasteiger partial charge in [-0.05, 0) is 18.4 Å². The van der Waals surface area contributed by atoms with Gasteiger partial charge in [0.1, 0.15) is 0 Å². The molecule has 1 aliphatic rings. The Balaban J connectivity index is 1.65. The average Bonchev–Trinajstić information content (AvgIpc) is 2.94. The predicted octanol–water partition coefficient (Wildman–Crippen LogP) is 1.98. The third kappa shape index (κ3) is 4.32. The standard InChI is InChI=1S/C16H24N2O2/c17-13-16(9-4-5-10-16)18-15(19)8-11-20-12-14-6-2-1-3-7-14/h1-3,6-7H,4-5,8-13,17H2,(H,18,19). The van der Waals surface area contributed by atoms with Gasteiger partial charge >= 0.3 is 0 Å². The van der Waals surface area contributed by atoms with E-state index in [2.05, 4.69) is 5.32 Å². The molecular weight excluding hydrogens is 252 g/mol. The van der Waals surface area contributed by atoms with Gasteiger partial charge in [-0.25, -0.2) is 0 Å². The van der Waals surface area contributed by atoms with Crippen molar-refractivity contribution >= 4 is 5.91 Å². The largest absolute Gasteiger partial charge is 0.376 e. The number of amides is 1. The molecular formula is C16H24N2O2. The Labute approximate surface area is 120 Å². The molecule has 0 aliphatic heterocycles. The molecule has 0 aromatic heterocycles. The fourth-order valence-electron chi connectivity index (χ4n) is 2.72. The van der Waals surface area contributed by atoms with Gasteiger partial charge in [-0.3, -0.25) is 4.79 Å². The smallest absolute Gasteiger partial charge is 0.222 e. The van der Waals surface area contributed by atoms with Crippen molar-refractivity contribution in [2.24, 2.45) is 5.73 Å². The van der Waals surface area contributed by atoms with Crippen LogP contribution in [0.1, 0.15) is 37.7 Å². The van der Waals surface area contributed by atoms with Crippen LogP contribution in [-0.2, 0) is 16.1 Å². The van der Waals surface area contributed by atoms with Crippen molar-refractivity contribution in [2.75, 3.05) is 13.2 Å². The number of nitrogens with two attached hydrogens (primary N) is 1. The second kappa shape index (κ2) is 7.41. The van der Waals surface area contributed by atoms with Gasteiger partial charge in [0.2, 0.25) is 5.91 Å². The molecule has 0 unspecified atom stereocenters. The lowest BCUT2D eigenvalue weighted by Gasteiger charge is -2.28. The fourth-order valence-corrected chi connectivity index (χ4v) is 2.72. The predicted molar refractivity (Wildman–Crippen MR) is 79.1 cm³/mol. The molecule has 0 radical (unpaired) electrons. The summed E-state index contributed by atoms with van der Waals surface area (Å²) in [4.78, 5) is 11.9. The van der Waals surface area contributed by atoms with E-state index in [9.17, 15) is 4.79 Å². The van der Waals surface area contributed by atoms with E-state index in [1.165, 1.54) is 0 Å². The van der Waals surface area contributed by atoms with E-state index in [4.69, 9.17) is 10.5 Å². The van der Waals surface area contributed by atoms with E-state index in [1.807, 2.05) is 30.3 Å². The highest BCUT2D eigenvalue weighted by atomic mass is 16.5. The Morgan fingerprint density at radius 1 is 1.25 bits per heavy atom. The van der Waals surface area contributed by atoms with Crippen molar-refractivity contribution in [2.45, 2.75) is 44.2 Å². The molecule has 1 fully saturated rings. The highest BCUT2D eigenvalue weighted by molar-refractivity contribution is 5.77. The summed E-state index contributed by atoms with van der Waals surface area (Å²) in [5.74, 6) is 0.0467. The van der Waals surface area contributed by atoms with E-state index < -0.39 is 0 Å². The summed E-state index contributed by atoms with van der Waals surface area (Å²) in [5.41, 5.74) is 6.77. The number of carbonyl (C=O) groups excluding carboxylic acids is 1. The molecule has 0 spiro atoms. The first kappa shape index (κ1) is 15.0. The van der Waals surface area contributed by atoms with Gasteiger partial charge < -0.3 is 15.8 Å². The van der Waals surface area contributed by atoms with Gasteiger partial charge in [0, 0.05) is 13.0 Å². The van der Waals surface area contributed by atoms with Crippen LogP contribution >= 0.6 is 0 Å². The Kier molecular flexibility index (Phi) is 5.56. The van der Waals surface area contributed by atoms with Crippen LogP contribution in [-0.4, -0.2) is 24.6 Å². The summed E-state index contributed by atoms with van der Waals surface area (Å²) in [5, 5.41) is 3.10. The van der Waals surface area contributed by atoms with Gasteiger partial charge in [-0.15, -0.1) is 0 Å². The van der Waals surface area contributed by atoms with Gasteiger partial charge in [0.15, 0.2) is 0 Å². The van der Waals surface area contributed by atoms with Crippen molar-refractivity contribution in [3.8, 4) is 0 Å². The Morgan fingerprint density at radius 3 is 2.60 bits per heavy atom. The highest BCUT2D eigenvalue weighted by Crippen LogP contribution is 2.28. The Hall–Kier alpha value is -1.39. The first-order valence-corrected chi connectivity index (χ1v) is 7.37. The summed E-state index contributed by atoms with van der Waals surface area (Å²) in [6, 6.07) is 9.97. The normalized spacial score (nSPS) is 17.1. The van der Waals surface area contributed by atoms with Crippen LogP contribution < -0.4 is 11.1 Å². The molecule has 1 saturated carbocycles. The molecule has 2 rings (SSSR count). The van der Waals surface area contributed by atoms with E-state index >= 15 is 0 Å². The summed E-state index contributed by atoms with van der Waals surface area (Å²) < 4.78 is 5.53. The first-order valence-electron chi connectivity index (χ1n) is 7.37. The Bertz CT molecular complexity index is 414. The van der Waals surface area contributed by atoms with Crippen molar-refractivity contribution in [1.82, 2.24) is 5.32 Å². The number of hydrogen-bond acceptors (Lipinski definition) is 3. The van der Waals surface area contributed by atoms with Crippen LogP contribution in [0.3, 0.4) is 0 Å². The molecule has 0 heterocycles. The quantitative estimate of drug-likeness (QED) is 0.748. The fraction of sp³-hybridized carbons (Fsp3) is 0.562. The first-order chi connectivity index (χ1) is 9.74. The molecule has 4 heteroatoms. The van der Waals surface area contributed by atoms with Crippen LogP contribution in [0.25, 0.3) is 0 Å². The molecule has 1 aliphatic carbocycles. The average molecular weight is 276 g/mol. The van der Waals surface area contributed by atoms with Crippen LogP contribution in [0.4, 0.5) is 0 Å². The zero-order chi connectivity index (χ0) is 14.3. The topological polar surface area (TPSA) is 64.3 Å². The van der Waals surface area contributed by atoms with E-state index in [-0.39, 0.29) is 11.4 Å². The summed E-state index contributed by atoms with van der Waals surface area (Å²) in [6.07, 6.45) is 4.71. The number of nitrogens with one attached hydrogen (secondary N) is 1. The van der Waals surface area contributed by atoms with Crippen LogP contribution in [0.5, 0.6) is 0 Å². The molecule has 0 saturated heterocycles. The van der Waals surface area contributed by atoms with Crippen molar-refractivity contribution in [3.05, 3.63) is 35.9 Å². The number of rotatable bonds is 7. The minimum absolute atomic E-state index is 0.0467. The van der Waals surface area contributed by atoms with E-state index in [0.717, 1.165) is 31.2 Å². The number of carbonyl (C=O) groups is 1. The molecule has 4 nitrogen and oxygen atoms in total. The van der Waals surface area contributed by atoms with E-state index in [1.54, 1.807) is 0 Å². The molecule has 0 bridgehead atoms. The second-order valence-corrected chi connectivity index (χ2v) is 5.53. The van der Waals surface area contributed by atoms with Gasteiger partial charge in [-0.2, -0.15) is 0 Å². The maximum absolute atomic E-state index is 11.9. The van der Waals surface area contributed by atoms with E-state index in [0.29, 0.717) is 26.2 Å². The van der Waals surface area contributed by atoms with Gasteiger partial charge in [0.25, 0.3) is 0 Å². The van der Waals surface area contributed by atoms with Gasteiger partial charge in [-0.1, -0.05) is 43.2 Å². The lowest BCUT2D eigenvalue weighted by atomic mass is 9.98. The van der Waals surface area contributed by atoms with Gasteiger partial charge in [0.05, 0.1) is 18.8 Å². The zero-order valence-electron chi connectivity index (χ0n) is 11.9.